The van der Waals surface area contributed by atoms with Crippen LogP contribution in [0.1, 0.15) is 31.7 Å². The summed E-state index contributed by atoms with van der Waals surface area (Å²) in [6.07, 6.45) is 2.73. The zero-order chi connectivity index (χ0) is 13.1. The summed E-state index contributed by atoms with van der Waals surface area (Å²) in [4.78, 5) is 4.30. The highest BCUT2D eigenvalue weighted by Crippen LogP contribution is 2.29. The van der Waals surface area contributed by atoms with Gasteiger partial charge in [-0.2, -0.15) is 0 Å². The van der Waals surface area contributed by atoms with Gasteiger partial charge in [-0.15, -0.1) is 0 Å². The topological polar surface area (TPSA) is 38.9 Å². The van der Waals surface area contributed by atoms with Crippen LogP contribution in [-0.4, -0.2) is 4.98 Å². The third-order valence-corrected chi connectivity index (χ3v) is 3.48. The molecule has 0 radical (unpaired) electrons. The normalized spacial score (nSPS) is 12.4. The van der Waals surface area contributed by atoms with E-state index >= 15 is 0 Å². The van der Waals surface area contributed by atoms with E-state index in [9.17, 15) is 0 Å². The highest BCUT2D eigenvalue weighted by molar-refractivity contribution is 6.30. The minimum atomic E-state index is 0.484. The predicted octanol–water partition coefficient (Wildman–Crippen LogP) is 4.50. The molecule has 0 amide bonds. The number of nitrogens with zero attached hydrogens (tertiary/aromatic N) is 1. The summed E-state index contributed by atoms with van der Waals surface area (Å²) in [5.74, 6) is 0.484. The molecule has 1 aromatic carbocycles. The number of benzene rings is 1. The SMILES string of the molecule is CCC(C)c1ccc(-c2ccc(Cl)cn2)cc1N. The summed E-state index contributed by atoms with van der Waals surface area (Å²) in [5, 5.41) is 0.642. The number of aromatic nitrogens is 1. The summed E-state index contributed by atoms with van der Waals surface area (Å²) in [6.45, 7) is 4.35. The fourth-order valence-corrected chi connectivity index (χ4v) is 2.06. The molecule has 0 saturated heterocycles. The van der Waals surface area contributed by atoms with Gasteiger partial charge in [-0.25, -0.2) is 0 Å². The number of nitrogens with two attached hydrogens (primary N) is 1. The number of nitrogen functional groups attached to an aromatic ring is 1. The number of pyridine rings is 1. The zero-order valence-electron chi connectivity index (χ0n) is 10.7. The van der Waals surface area contributed by atoms with Crippen molar-refractivity contribution in [3.8, 4) is 11.3 Å². The van der Waals surface area contributed by atoms with Gasteiger partial charge >= 0.3 is 0 Å². The average molecular weight is 261 g/mol. The largest absolute Gasteiger partial charge is 0.398 e. The third-order valence-electron chi connectivity index (χ3n) is 3.25. The van der Waals surface area contributed by atoms with Crippen LogP contribution in [0.2, 0.25) is 5.02 Å². The molecular formula is C15H17ClN2. The number of anilines is 1. The molecule has 0 bridgehead atoms. The molecule has 94 valence electrons. The molecule has 0 aliphatic carbocycles. The van der Waals surface area contributed by atoms with Gasteiger partial charge in [0.2, 0.25) is 0 Å². The standard InChI is InChI=1S/C15H17ClN2/c1-3-10(2)13-6-4-11(8-14(13)17)15-7-5-12(16)9-18-15/h4-10H,3,17H2,1-2H3. The third kappa shape index (κ3) is 2.65. The van der Waals surface area contributed by atoms with Crippen LogP contribution in [0.5, 0.6) is 0 Å². The number of hydrogen-bond donors (Lipinski definition) is 1. The van der Waals surface area contributed by atoms with Crippen molar-refractivity contribution in [3.05, 3.63) is 47.1 Å². The van der Waals surface area contributed by atoms with Gasteiger partial charge in [-0.05, 0) is 36.1 Å². The predicted molar refractivity (Wildman–Crippen MR) is 77.8 cm³/mol. The van der Waals surface area contributed by atoms with Crippen LogP contribution in [0.25, 0.3) is 11.3 Å². The highest BCUT2D eigenvalue weighted by atomic mass is 35.5. The lowest BCUT2D eigenvalue weighted by Gasteiger charge is -2.13. The van der Waals surface area contributed by atoms with E-state index in [0.717, 1.165) is 23.4 Å². The summed E-state index contributed by atoms with van der Waals surface area (Å²) >= 11 is 5.83. The first-order valence-electron chi connectivity index (χ1n) is 6.13. The monoisotopic (exact) mass is 260 g/mol. The fraction of sp³-hybridized carbons (Fsp3) is 0.267. The second-order valence-corrected chi connectivity index (χ2v) is 4.95. The maximum atomic E-state index is 6.11. The van der Waals surface area contributed by atoms with E-state index in [0.29, 0.717) is 10.9 Å². The first kappa shape index (κ1) is 12.9. The van der Waals surface area contributed by atoms with Gasteiger partial charge in [0.25, 0.3) is 0 Å². The Morgan fingerprint density at radius 3 is 2.61 bits per heavy atom. The van der Waals surface area contributed by atoms with Crippen molar-refractivity contribution in [2.24, 2.45) is 0 Å². The number of halogens is 1. The van der Waals surface area contributed by atoms with Crippen molar-refractivity contribution in [1.82, 2.24) is 4.98 Å². The second kappa shape index (κ2) is 5.40. The molecule has 1 heterocycles. The molecule has 0 spiro atoms. The number of hydrogen-bond acceptors (Lipinski definition) is 2. The summed E-state index contributed by atoms with van der Waals surface area (Å²) in [5.41, 5.74) is 10.1. The van der Waals surface area contributed by atoms with Gasteiger partial charge in [0.15, 0.2) is 0 Å². The lowest BCUT2D eigenvalue weighted by Crippen LogP contribution is -1.99. The molecule has 1 aromatic heterocycles. The molecule has 0 aliphatic rings. The maximum absolute atomic E-state index is 6.11. The van der Waals surface area contributed by atoms with E-state index in [-0.39, 0.29) is 0 Å². The van der Waals surface area contributed by atoms with Gasteiger partial charge in [-0.1, -0.05) is 37.6 Å². The lowest BCUT2D eigenvalue weighted by atomic mass is 9.95. The Labute approximate surface area is 113 Å². The Morgan fingerprint density at radius 1 is 1.28 bits per heavy atom. The Kier molecular flexibility index (Phi) is 3.87. The molecule has 3 heteroatoms. The summed E-state index contributed by atoms with van der Waals surface area (Å²) in [6, 6.07) is 9.88. The molecule has 2 N–H and O–H groups in total. The van der Waals surface area contributed by atoms with E-state index in [1.54, 1.807) is 6.20 Å². The van der Waals surface area contributed by atoms with Crippen molar-refractivity contribution in [1.29, 1.82) is 0 Å². The first-order valence-corrected chi connectivity index (χ1v) is 6.51. The van der Waals surface area contributed by atoms with Crippen molar-refractivity contribution >= 4 is 17.3 Å². The Bertz CT molecular complexity index is 535. The van der Waals surface area contributed by atoms with Crippen LogP contribution in [0.3, 0.4) is 0 Å². The molecule has 0 saturated carbocycles. The van der Waals surface area contributed by atoms with Crippen molar-refractivity contribution < 1.29 is 0 Å². The van der Waals surface area contributed by atoms with Crippen molar-refractivity contribution in [3.63, 3.8) is 0 Å². The van der Waals surface area contributed by atoms with Crippen LogP contribution in [0.4, 0.5) is 5.69 Å². The molecule has 1 unspecified atom stereocenters. The quantitative estimate of drug-likeness (QED) is 0.826. The molecule has 2 nitrogen and oxygen atoms in total. The summed E-state index contributed by atoms with van der Waals surface area (Å²) in [7, 11) is 0. The van der Waals surface area contributed by atoms with E-state index < -0.39 is 0 Å². The Balaban J connectivity index is 2.37. The molecule has 2 aromatic rings. The molecule has 18 heavy (non-hydrogen) atoms. The molecule has 0 aliphatic heterocycles. The minimum Gasteiger partial charge on any atom is -0.398 e. The van der Waals surface area contributed by atoms with Crippen LogP contribution in [0.15, 0.2) is 36.5 Å². The zero-order valence-corrected chi connectivity index (χ0v) is 11.4. The Morgan fingerprint density at radius 2 is 2.06 bits per heavy atom. The van der Waals surface area contributed by atoms with Gasteiger partial charge < -0.3 is 5.73 Å². The van der Waals surface area contributed by atoms with Crippen molar-refractivity contribution in [2.45, 2.75) is 26.2 Å². The summed E-state index contributed by atoms with van der Waals surface area (Å²) < 4.78 is 0. The molecule has 2 rings (SSSR count). The Hall–Kier alpha value is -1.54. The van der Waals surface area contributed by atoms with Crippen molar-refractivity contribution in [2.75, 3.05) is 5.73 Å². The minimum absolute atomic E-state index is 0.484. The average Bonchev–Trinajstić information content (AvgIpc) is 2.38. The molecule has 1 atom stereocenters. The fourth-order valence-electron chi connectivity index (χ4n) is 1.95. The van der Waals surface area contributed by atoms with Crippen LogP contribution in [-0.2, 0) is 0 Å². The number of rotatable bonds is 3. The van der Waals surface area contributed by atoms with E-state index in [1.807, 2.05) is 18.2 Å². The van der Waals surface area contributed by atoms with Crippen LogP contribution in [0, 0.1) is 0 Å². The molecular weight excluding hydrogens is 244 g/mol. The first-order chi connectivity index (χ1) is 8.61. The highest BCUT2D eigenvalue weighted by Gasteiger charge is 2.08. The van der Waals surface area contributed by atoms with Gasteiger partial charge in [0.05, 0.1) is 10.7 Å². The van der Waals surface area contributed by atoms with Gasteiger partial charge in [0.1, 0.15) is 0 Å². The van der Waals surface area contributed by atoms with Gasteiger partial charge in [-0.3, -0.25) is 4.98 Å². The van der Waals surface area contributed by atoms with E-state index in [4.69, 9.17) is 17.3 Å². The molecule has 0 fully saturated rings. The van der Waals surface area contributed by atoms with Crippen LogP contribution >= 0.6 is 11.6 Å². The van der Waals surface area contributed by atoms with Gasteiger partial charge in [0, 0.05) is 17.4 Å². The maximum Gasteiger partial charge on any atom is 0.0703 e. The van der Waals surface area contributed by atoms with Crippen LogP contribution < -0.4 is 5.73 Å². The lowest BCUT2D eigenvalue weighted by molar-refractivity contribution is 0.736. The van der Waals surface area contributed by atoms with E-state index in [2.05, 4.69) is 31.0 Å². The second-order valence-electron chi connectivity index (χ2n) is 4.51. The van der Waals surface area contributed by atoms with E-state index in [1.165, 1.54) is 5.56 Å². The smallest absolute Gasteiger partial charge is 0.0703 e.